The average Bonchev–Trinajstić information content (AvgIpc) is 2.85. The normalized spacial score (nSPS) is 19.7. The number of fused-ring (bicyclic) bond motifs is 1. The second kappa shape index (κ2) is 6.73. The standard InChI is InChI=1S/C15H14N2O4.C2H6/c1-8(18)9-2-3-11-10(6-9)7-17(15(11)21)12-4-5-13(19)16-14(12)20;1-2/h2-3,6,12H,4-5,7H2,1H3,(H,16,19,20);1-2H3. The lowest BCUT2D eigenvalue weighted by molar-refractivity contribution is -0.136. The van der Waals surface area contributed by atoms with Crippen LogP contribution in [0.2, 0.25) is 0 Å². The van der Waals surface area contributed by atoms with E-state index in [-0.39, 0.29) is 24.0 Å². The van der Waals surface area contributed by atoms with Crippen LogP contribution in [0.15, 0.2) is 18.2 Å². The third-order valence-electron chi connectivity index (χ3n) is 3.93. The minimum atomic E-state index is -0.622. The van der Waals surface area contributed by atoms with Gasteiger partial charge in [0.15, 0.2) is 5.78 Å². The van der Waals surface area contributed by atoms with Crippen molar-refractivity contribution in [1.82, 2.24) is 10.2 Å². The summed E-state index contributed by atoms with van der Waals surface area (Å²) in [5.74, 6) is -1.03. The Balaban J connectivity index is 0.000000924. The maximum atomic E-state index is 12.4. The molecule has 3 amide bonds. The Kier molecular flexibility index (Phi) is 4.93. The number of carbonyl (C=O) groups is 4. The Morgan fingerprint density at radius 3 is 2.52 bits per heavy atom. The molecule has 2 aliphatic rings. The zero-order valence-corrected chi connectivity index (χ0v) is 13.5. The van der Waals surface area contributed by atoms with Gasteiger partial charge in [-0.05, 0) is 31.0 Å². The number of imide groups is 1. The molecule has 1 atom stereocenters. The van der Waals surface area contributed by atoms with Crippen molar-refractivity contribution in [2.75, 3.05) is 0 Å². The molecular formula is C17H20N2O4. The van der Waals surface area contributed by atoms with Gasteiger partial charge in [-0.2, -0.15) is 0 Å². The summed E-state index contributed by atoms with van der Waals surface area (Å²) in [6, 6.07) is 4.32. The lowest BCUT2D eigenvalue weighted by Crippen LogP contribution is -2.52. The van der Waals surface area contributed by atoms with Crippen LogP contribution in [0.25, 0.3) is 0 Å². The minimum Gasteiger partial charge on any atom is -0.322 e. The highest BCUT2D eigenvalue weighted by atomic mass is 16.2. The minimum absolute atomic E-state index is 0.0651. The Morgan fingerprint density at radius 2 is 1.91 bits per heavy atom. The van der Waals surface area contributed by atoms with Crippen LogP contribution < -0.4 is 5.32 Å². The van der Waals surface area contributed by atoms with Gasteiger partial charge in [0.05, 0.1) is 0 Å². The number of nitrogens with one attached hydrogen (secondary N) is 1. The zero-order valence-electron chi connectivity index (χ0n) is 13.5. The van der Waals surface area contributed by atoms with Crippen LogP contribution >= 0.6 is 0 Å². The fourth-order valence-electron chi connectivity index (χ4n) is 2.79. The average molecular weight is 316 g/mol. The van der Waals surface area contributed by atoms with Gasteiger partial charge in [0.2, 0.25) is 11.8 Å². The predicted octanol–water partition coefficient (Wildman–Crippen LogP) is 1.68. The first-order chi connectivity index (χ1) is 11.0. The molecule has 1 aromatic rings. The Morgan fingerprint density at radius 1 is 1.22 bits per heavy atom. The second-order valence-corrected chi connectivity index (χ2v) is 5.33. The molecule has 3 rings (SSSR count). The van der Waals surface area contributed by atoms with E-state index in [0.29, 0.717) is 24.1 Å². The molecule has 2 heterocycles. The Hall–Kier alpha value is -2.50. The van der Waals surface area contributed by atoms with Crippen molar-refractivity contribution in [1.29, 1.82) is 0 Å². The van der Waals surface area contributed by atoms with Crippen molar-refractivity contribution in [3.8, 4) is 0 Å². The smallest absolute Gasteiger partial charge is 0.255 e. The van der Waals surface area contributed by atoms with E-state index in [4.69, 9.17) is 0 Å². The van der Waals surface area contributed by atoms with Crippen LogP contribution in [0.4, 0.5) is 0 Å². The number of ketones is 1. The molecule has 1 unspecified atom stereocenters. The van der Waals surface area contributed by atoms with Gasteiger partial charge >= 0.3 is 0 Å². The third kappa shape index (κ3) is 3.16. The van der Waals surface area contributed by atoms with Gasteiger partial charge in [0.25, 0.3) is 5.91 Å². The first-order valence-electron chi connectivity index (χ1n) is 7.76. The van der Waals surface area contributed by atoms with E-state index in [1.54, 1.807) is 18.2 Å². The van der Waals surface area contributed by atoms with E-state index >= 15 is 0 Å². The molecule has 0 radical (unpaired) electrons. The highest BCUT2D eigenvalue weighted by molar-refractivity contribution is 6.06. The van der Waals surface area contributed by atoms with E-state index in [2.05, 4.69) is 5.32 Å². The molecule has 1 aromatic carbocycles. The molecule has 1 N–H and O–H groups in total. The molecule has 1 saturated heterocycles. The lowest BCUT2D eigenvalue weighted by Gasteiger charge is -2.29. The fraction of sp³-hybridized carbons (Fsp3) is 0.412. The molecule has 23 heavy (non-hydrogen) atoms. The number of hydrogen-bond acceptors (Lipinski definition) is 4. The van der Waals surface area contributed by atoms with Crippen molar-refractivity contribution in [3.63, 3.8) is 0 Å². The topological polar surface area (TPSA) is 83.6 Å². The van der Waals surface area contributed by atoms with Crippen LogP contribution in [0.5, 0.6) is 0 Å². The Labute approximate surface area is 134 Å². The molecule has 2 aliphatic heterocycles. The van der Waals surface area contributed by atoms with E-state index in [1.807, 2.05) is 13.8 Å². The summed E-state index contributed by atoms with van der Waals surface area (Å²) in [5, 5.41) is 2.26. The molecular weight excluding hydrogens is 296 g/mol. The van der Waals surface area contributed by atoms with Gasteiger partial charge < -0.3 is 4.90 Å². The number of benzene rings is 1. The summed E-state index contributed by atoms with van der Waals surface area (Å²) in [4.78, 5) is 48.3. The molecule has 6 nitrogen and oxygen atoms in total. The first-order valence-corrected chi connectivity index (χ1v) is 7.76. The van der Waals surface area contributed by atoms with E-state index in [0.717, 1.165) is 5.56 Å². The lowest BCUT2D eigenvalue weighted by atomic mass is 10.0. The third-order valence-corrected chi connectivity index (χ3v) is 3.93. The summed E-state index contributed by atoms with van der Waals surface area (Å²) in [5.41, 5.74) is 1.81. The monoisotopic (exact) mass is 316 g/mol. The number of carbonyl (C=O) groups excluding carboxylic acids is 4. The number of Topliss-reactive ketones (excluding diaryl/α,β-unsaturated/α-hetero) is 1. The number of hydrogen-bond donors (Lipinski definition) is 1. The van der Waals surface area contributed by atoms with Gasteiger partial charge in [-0.3, -0.25) is 24.5 Å². The summed E-state index contributed by atoms with van der Waals surface area (Å²) in [7, 11) is 0. The van der Waals surface area contributed by atoms with Crippen LogP contribution in [0.1, 0.15) is 59.9 Å². The molecule has 0 aromatic heterocycles. The van der Waals surface area contributed by atoms with Crippen molar-refractivity contribution < 1.29 is 19.2 Å². The molecule has 6 heteroatoms. The van der Waals surface area contributed by atoms with Crippen LogP contribution in [0, 0.1) is 0 Å². The van der Waals surface area contributed by atoms with Crippen LogP contribution in [-0.2, 0) is 16.1 Å². The number of amides is 3. The quantitative estimate of drug-likeness (QED) is 0.664. The largest absolute Gasteiger partial charge is 0.322 e. The van der Waals surface area contributed by atoms with Gasteiger partial charge in [-0.25, -0.2) is 0 Å². The van der Waals surface area contributed by atoms with Gasteiger partial charge in [-0.1, -0.05) is 19.9 Å². The highest BCUT2D eigenvalue weighted by Gasteiger charge is 2.39. The molecule has 1 fully saturated rings. The number of nitrogens with zero attached hydrogens (tertiary/aromatic N) is 1. The maximum absolute atomic E-state index is 12.4. The van der Waals surface area contributed by atoms with Crippen molar-refractivity contribution in [3.05, 3.63) is 34.9 Å². The zero-order chi connectivity index (χ0) is 17.1. The van der Waals surface area contributed by atoms with Gasteiger partial charge in [0, 0.05) is 24.1 Å². The molecule has 0 saturated carbocycles. The first kappa shape index (κ1) is 16.9. The highest BCUT2D eigenvalue weighted by Crippen LogP contribution is 2.28. The molecule has 0 spiro atoms. The van der Waals surface area contributed by atoms with E-state index in [9.17, 15) is 19.2 Å². The fourth-order valence-corrected chi connectivity index (χ4v) is 2.79. The summed E-state index contributed by atoms with van der Waals surface area (Å²) in [6.45, 7) is 5.76. The summed E-state index contributed by atoms with van der Waals surface area (Å²) < 4.78 is 0. The van der Waals surface area contributed by atoms with Gasteiger partial charge in [-0.15, -0.1) is 0 Å². The van der Waals surface area contributed by atoms with Crippen molar-refractivity contribution in [2.45, 2.75) is 46.2 Å². The molecule has 122 valence electrons. The maximum Gasteiger partial charge on any atom is 0.255 e. The van der Waals surface area contributed by atoms with Crippen molar-refractivity contribution in [2.24, 2.45) is 0 Å². The van der Waals surface area contributed by atoms with E-state index in [1.165, 1.54) is 11.8 Å². The predicted molar refractivity (Wildman–Crippen MR) is 83.8 cm³/mol. The summed E-state index contributed by atoms with van der Waals surface area (Å²) in [6.07, 6.45) is 0.569. The van der Waals surface area contributed by atoms with E-state index < -0.39 is 11.9 Å². The molecule has 0 bridgehead atoms. The van der Waals surface area contributed by atoms with Crippen LogP contribution in [-0.4, -0.2) is 34.4 Å². The SMILES string of the molecule is CC.CC(=O)c1ccc2c(c1)CN(C1CCC(=O)NC1=O)C2=O. The Bertz CT molecular complexity index is 681. The number of piperidine rings is 1. The second-order valence-electron chi connectivity index (χ2n) is 5.33. The summed E-state index contributed by atoms with van der Waals surface area (Å²) >= 11 is 0. The van der Waals surface area contributed by atoms with Gasteiger partial charge in [0.1, 0.15) is 6.04 Å². The van der Waals surface area contributed by atoms with Crippen LogP contribution in [0.3, 0.4) is 0 Å². The van der Waals surface area contributed by atoms with Crippen molar-refractivity contribution >= 4 is 23.5 Å². The number of rotatable bonds is 2. The molecule has 0 aliphatic carbocycles.